The molecule has 12 heteroatoms. The average molecular weight is 648 g/mol. The van der Waals surface area contributed by atoms with Gasteiger partial charge < -0.3 is 30.6 Å². The quantitative estimate of drug-likeness (QED) is 0.0626. The molecule has 0 unspecified atom stereocenters. The topological polar surface area (TPSA) is 98.8 Å². The number of amidine groups is 2. The molecule has 41 heavy (non-hydrogen) atoms. The third-order valence-electron chi connectivity index (χ3n) is 5.55. The van der Waals surface area contributed by atoms with Gasteiger partial charge in [0.2, 0.25) is 0 Å². The fraction of sp³-hybridized carbons (Fsp3) is 0.103. The fourth-order valence-electron chi connectivity index (χ4n) is 3.24. The molecule has 0 amide bonds. The van der Waals surface area contributed by atoms with E-state index in [1.54, 1.807) is 38.4 Å². The Bertz CT molecular complexity index is 1600. The maximum atomic E-state index is 5.15. The zero-order chi connectivity index (χ0) is 28.3. The van der Waals surface area contributed by atoms with E-state index in [9.17, 15) is 0 Å². The fourth-order valence-corrected chi connectivity index (χ4v) is 4.34. The van der Waals surface area contributed by atoms with Crippen molar-refractivity contribution >= 4 is 86.9 Å². The molecule has 0 saturated heterocycles. The molecule has 0 aliphatic heterocycles. The van der Waals surface area contributed by atoms with Crippen LogP contribution in [0.15, 0.2) is 98.3 Å². The number of hydrogen-bond acceptors (Lipinski definition) is 9. The third-order valence-corrected chi connectivity index (χ3v) is 7.09. The van der Waals surface area contributed by atoms with Gasteiger partial charge in [0.05, 0.1) is 27.9 Å². The van der Waals surface area contributed by atoms with Gasteiger partial charge in [-0.15, -0.1) is 11.3 Å². The molecule has 1 heterocycles. The van der Waals surface area contributed by atoms with E-state index in [1.165, 1.54) is 4.70 Å². The van der Waals surface area contributed by atoms with Gasteiger partial charge in [0.25, 0.3) is 0 Å². The molecule has 1 aromatic heterocycles. The summed E-state index contributed by atoms with van der Waals surface area (Å²) >= 11 is 11.8. The molecule has 3 aromatic carbocycles. The van der Waals surface area contributed by atoms with Crippen LogP contribution in [0.3, 0.4) is 0 Å². The van der Waals surface area contributed by atoms with Crippen molar-refractivity contribution < 1.29 is 19.5 Å². The third kappa shape index (κ3) is 9.72. The van der Waals surface area contributed by atoms with E-state index < -0.39 is 0 Å². The predicted molar refractivity (Wildman–Crippen MR) is 176 cm³/mol. The number of nitrogens with one attached hydrogen (secondary N) is 2. The zero-order valence-electron chi connectivity index (χ0n) is 22.8. The summed E-state index contributed by atoms with van der Waals surface area (Å²) in [6.07, 6.45) is 5.83. The summed E-state index contributed by atoms with van der Waals surface area (Å²) in [4.78, 5) is 4.74. The van der Waals surface area contributed by atoms with E-state index in [0.29, 0.717) is 11.4 Å². The second-order valence-electron chi connectivity index (χ2n) is 8.41. The minimum atomic E-state index is 0. The first-order valence-electron chi connectivity index (χ1n) is 12.2. The molecule has 0 aliphatic carbocycles. The van der Waals surface area contributed by atoms with Gasteiger partial charge in [-0.25, -0.2) is 4.98 Å². The van der Waals surface area contributed by atoms with Gasteiger partial charge in [-0.3, -0.25) is 5.43 Å². The second kappa shape index (κ2) is 15.9. The Labute approximate surface area is 267 Å². The molecule has 0 spiro atoms. The summed E-state index contributed by atoms with van der Waals surface area (Å²) < 4.78 is 1.20. The van der Waals surface area contributed by atoms with Gasteiger partial charge in [-0.1, -0.05) is 72.8 Å². The molecule has 4 rings (SSSR count). The van der Waals surface area contributed by atoms with Crippen molar-refractivity contribution in [3.63, 3.8) is 0 Å². The first kappa shape index (κ1) is 31.8. The molecule has 8 nitrogen and oxygen atoms in total. The van der Waals surface area contributed by atoms with E-state index >= 15 is 0 Å². The predicted octanol–water partition coefficient (Wildman–Crippen LogP) is 5.83. The van der Waals surface area contributed by atoms with Crippen LogP contribution >= 0.6 is 11.3 Å². The molecule has 4 aromatic rings. The zero-order valence-corrected chi connectivity index (χ0v) is 28.2. The standard InChI is InChI=1S/C29H28N8S3.Zn/c1-19(33-36-28(38)30-3)20(2)34-37-29(39)35-31-18-23-12-10-21(11-13-23)8-9-22-14-16-24(17-15-22)27-32-25-6-4-5-7-26(25)40-27;/h4-18H,1-3H3,(H2,30,36,38)(H2,35,37,39);/q;+2/p-2/b9-8+,31-18+,33-19?,34-20?;. The Morgan fingerprint density at radius 2 is 1.32 bits per heavy atom. The molecule has 0 aliphatic rings. The number of fused-ring (bicyclic) bond motifs is 1. The molecular weight excluding hydrogens is 622 g/mol. The summed E-state index contributed by atoms with van der Waals surface area (Å²) in [5.74, 6) is 0. The smallest absolute Gasteiger partial charge is 0.741 e. The van der Waals surface area contributed by atoms with Gasteiger partial charge in [0.15, 0.2) is 0 Å². The van der Waals surface area contributed by atoms with Crippen LogP contribution in [0.4, 0.5) is 0 Å². The maximum absolute atomic E-state index is 5.15. The largest absolute Gasteiger partial charge is 2.00 e. The van der Waals surface area contributed by atoms with Crippen LogP contribution in [-0.4, -0.2) is 40.0 Å². The normalized spacial score (nSPS) is 13.1. The van der Waals surface area contributed by atoms with Crippen LogP contribution < -0.4 is 10.7 Å². The van der Waals surface area contributed by atoms with Crippen LogP contribution in [0, 0.1) is 0 Å². The molecule has 0 radical (unpaired) electrons. The summed E-state index contributed by atoms with van der Waals surface area (Å²) in [5.41, 5.74) is 9.08. The number of hydrogen-bond donors (Lipinski definition) is 2. The summed E-state index contributed by atoms with van der Waals surface area (Å²) in [6.45, 7) is 3.51. The van der Waals surface area contributed by atoms with Gasteiger partial charge in [0.1, 0.15) is 5.01 Å². The van der Waals surface area contributed by atoms with E-state index in [2.05, 4.69) is 78.7 Å². The van der Waals surface area contributed by atoms with E-state index in [0.717, 1.165) is 32.8 Å². The Morgan fingerprint density at radius 3 is 1.93 bits per heavy atom. The molecule has 2 N–H and O–H groups in total. The van der Waals surface area contributed by atoms with Crippen molar-refractivity contribution in [2.24, 2.45) is 25.5 Å². The van der Waals surface area contributed by atoms with E-state index in [4.69, 9.17) is 30.2 Å². The summed E-state index contributed by atoms with van der Waals surface area (Å²) in [7, 11) is 1.68. The second-order valence-corrected chi connectivity index (χ2v) is 10.2. The number of thiazole rings is 1. The van der Waals surface area contributed by atoms with Crippen molar-refractivity contribution in [1.29, 1.82) is 0 Å². The van der Waals surface area contributed by atoms with Crippen molar-refractivity contribution in [3.8, 4) is 10.6 Å². The van der Waals surface area contributed by atoms with E-state index in [-0.39, 0.29) is 29.8 Å². The summed E-state index contributed by atoms with van der Waals surface area (Å²) in [5, 5.41) is 24.1. The Balaban J connectivity index is 0.00000462. The first-order valence-corrected chi connectivity index (χ1v) is 13.8. The number of benzene rings is 3. The van der Waals surface area contributed by atoms with Crippen molar-refractivity contribution in [2.45, 2.75) is 13.8 Å². The molecule has 0 fully saturated rings. The number of nitrogens with zero attached hydrogens (tertiary/aromatic N) is 6. The Morgan fingerprint density at radius 1 is 0.756 bits per heavy atom. The number of hydrazone groups is 1. The van der Waals surface area contributed by atoms with Crippen molar-refractivity contribution in [3.05, 3.63) is 89.5 Å². The molecule has 0 atom stereocenters. The molecule has 0 bridgehead atoms. The van der Waals surface area contributed by atoms with Gasteiger partial charge in [-0.05, 0) is 47.8 Å². The number of para-hydroxylation sites is 1. The summed E-state index contributed by atoms with van der Waals surface area (Å²) in [6, 6.07) is 24.6. The Kier molecular flexibility index (Phi) is 12.4. The average Bonchev–Trinajstić information content (AvgIpc) is 3.42. The first-order chi connectivity index (χ1) is 19.4. The maximum Gasteiger partial charge on any atom is 2.00 e. The molecular formula is C29H26N8S3Zn. The minimum Gasteiger partial charge on any atom is -0.741 e. The SMILES string of the molecule is CNC([S-])=NN=C(C)C(C)=NN=C([S-])N/N=C/c1ccc(/C=C/c2ccc(-c3nc4ccccc4s3)cc2)cc1.[Zn+2]. The molecule has 202 valence electrons. The van der Waals surface area contributed by atoms with Gasteiger partial charge in [0, 0.05) is 17.8 Å². The number of aromatic nitrogens is 1. The minimum absolute atomic E-state index is 0. The van der Waals surface area contributed by atoms with Crippen LogP contribution in [0.25, 0.3) is 32.9 Å². The molecule has 0 saturated carbocycles. The van der Waals surface area contributed by atoms with Crippen LogP contribution in [0.2, 0.25) is 0 Å². The van der Waals surface area contributed by atoms with Crippen LogP contribution in [0.1, 0.15) is 30.5 Å². The van der Waals surface area contributed by atoms with Gasteiger partial charge >= 0.3 is 19.5 Å². The van der Waals surface area contributed by atoms with Gasteiger partial charge in [-0.2, -0.15) is 25.5 Å². The Hall–Kier alpha value is -3.70. The monoisotopic (exact) mass is 646 g/mol. The number of rotatable bonds is 8. The van der Waals surface area contributed by atoms with Crippen molar-refractivity contribution in [2.75, 3.05) is 7.05 Å². The van der Waals surface area contributed by atoms with Crippen molar-refractivity contribution in [1.82, 2.24) is 15.7 Å². The van der Waals surface area contributed by atoms with Crippen LogP contribution in [0.5, 0.6) is 0 Å². The van der Waals surface area contributed by atoms with Crippen LogP contribution in [-0.2, 0) is 44.7 Å². The van der Waals surface area contributed by atoms with E-state index in [1.807, 2.05) is 42.5 Å².